The van der Waals surface area contributed by atoms with Gasteiger partial charge < -0.3 is 0 Å². The number of aliphatic carboxylic acids is 2. The van der Waals surface area contributed by atoms with Gasteiger partial charge in [0.1, 0.15) is 0 Å². The van der Waals surface area contributed by atoms with Crippen LogP contribution in [0.15, 0.2) is 0 Å². The SMILES string of the molecule is N[C@@H](CCC(=O)[Se]CN[C@@H](C[Se])C(=O)O)C(=O)O. The molecule has 0 aromatic carbocycles. The minimum absolute atomic E-state index is 0.0732. The van der Waals surface area contributed by atoms with Crippen molar-refractivity contribution in [2.45, 2.75) is 30.2 Å². The number of nitrogens with two attached hydrogens (primary N) is 1. The summed E-state index contributed by atoms with van der Waals surface area (Å²) in [6.45, 7) is 0. The summed E-state index contributed by atoms with van der Waals surface area (Å²) in [7, 11) is 0. The van der Waals surface area contributed by atoms with Crippen LogP contribution in [0.25, 0.3) is 0 Å². The fourth-order valence-corrected chi connectivity index (χ4v) is 2.94. The second kappa shape index (κ2) is 9.49. The number of nitrogens with one attached hydrogen (secondary N) is 1. The van der Waals surface area contributed by atoms with E-state index in [1.54, 1.807) is 0 Å². The van der Waals surface area contributed by atoms with Crippen molar-refractivity contribution < 1.29 is 24.6 Å². The first-order valence-corrected chi connectivity index (χ1v) is 8.34. The second-order valence-corrected chi connectivity index (χ2v) is 6.27. The molecule has 18 heavy (non-hydrogen) atoms. The topological polar surface area (TPSA) is 130 Å². The van der Waals surface area contributed by atoms with Gasteiger partial charge in [-0.3, -0.25) is 0 Å². The fraction of sp³-hybridized carbons (Fsp3) is 0.667. The van der Waals surface area contributed by atoms with Crippen LogP contribution in [0, 0.1) is 0 Å². The van der Waals surface area contributed by atoms with Gasteiger partial charge in [0, 0.05) is 0 Å². The van der Waals surface area contributed by atoms with Gasteiger partial charge in [0.2, 0.25) is 0 Å². The third-order valence-corrected chi connectivity index (χ3v) is 4.46. The Kier molecular flexibility index (Phi) is 9.27. The minimum atomic E-state index is -1.12. The predicted octanol–water partition coefficient (Wildman–Crippen LogP) is -2.00. The molecule has 0 aromatic rings. The van der Waals surface area contributed by atoms with Crippen LogP contribution < -0.4 is 11.1 Å². The van der Waals surface area contributed by atoms with Crippen LogP contribution in [0.4, 0.5) is 0 Å². The average molecular weight is 389 g/mol. The van der Waals surface area contributed by atoms with E-state index in [4.69, 9.17) is 15.9 Å². The van der Waals surface area contributed by atoms with Crippen molar-refractivity contribution in [1.82, 2.24) is 5.32 Å². The van der Waals surface area contributed by atoms with Crippen molar-refractivity contribution in [3.63, 3.8) is 0 Å². The Labute approximate surface area is 119 Å². The molecule has 0 bridgehead atoms. The zero-order valence-electron chi connectivity index (χ0n) is 9.50. The molecule has 0 unspecified atom stereocenters. The van der Waals surface area contributed by atoms with Gasteiger partial charge in [-0.15, -0.1) is 0 Å². The Morgan fingerprint density at radius 1 is 1.28 bits per heavy atom. The summed E-state index contributed by atoms with van der Waals surface area (Å²) < 4.78 is -0.0732. The Morgan fingerprint density at radius 2 is 1.89 bits per heavy atom. The molecule has 0 amide bonds. The first-order valence-electron chi connectivity index (χ1n) is 5.06. The molecule has 0 fully saturated rings. The third-order valence-electron chi connectivity index (χ3n) is 2.00. The molecule has 0 heterocycles. The molecule has 0 aliphatic heterocycles. The molecule has 5 N–H and O–H groups in total. The van der Waals surface area contributed by atoms with E-state index < -0.39 is 39.0 Å². The fourth-order valence-electron chi connectivity index (χ4n) is 0.909. The van der Waals surface area contributed by atoms with Gasteiger partial charge in [-0.1, -0.05) is 0 Å². The number of carbonyl (C=O) groups is 3. The molecular weight excluding hydrogens is 374 g/mol. The summed E-state index contributed by atoms with van der Waals surface area (Å²) in [5.74, 6) is -2.09. The Balaban J connectivity index is 3.77. The van der Waals surface area contributed by atoms with E-state index in [1.807, 2.05) is 0 Å². The normalized spacial score (nSPS) is 13.9. The molecule has 0 aliphatic carbocycles. The van der Waals surface area contributed by atoms with Crippen LogP contribution in [0.2, 0.25) is 5.32 Å². The zero-order valence-corrected chi connectivity index (χ0v) is 12.9. The average Bonchev–Trinajstić information content (AvgIpc) is 2.30. The number of carboxylic acids is 2. The Morgan fingerprint density at radius 3 is 2.33 bits per heavy atom. The van der Waals surface area contributed by atoms with E-state index in [-0.39, 0.29) is 17.5 Å². The van der Waals surface area contributed by atoms with Gasteiger partial charge in [0.15, 0.2) is 0 Å². The van der Waals surface area contributed by atoms with Crippen molar-refractivity contribution in [3.05, 3.63) is 0 Å². The van der Waals surface area contributed by atoms with Crippen LogP contribution in [0.3, 0.4) is 0 Å². The van der Waals surface area contributed by atoms with Crippen LogP contribution in [0.5, 0.6) is 0 Å². The van der Waals surface area contributed by atoms with Crippen LogP contribution in [-0.2, 0) is 14.4 Å². The first kappa shape index (κ1) is 17.6. The standard InChI is InChI=1S/C9H15N2O5Se2/c10-5(8(13)14)1-2-7(12)18-4-11-6(3-17)9(15)16/h5-6,11H,1-4,10H2,(H,13,14)(H,15,16)/t5-,6-/m0/s1. The van der Waals surface area contributed by atoms with Crippen molar-refractivity contribution >= 4 is 47.6 Å². The molecule has 2 atom stereocenters. The van der Waals surface area contributed by atoms with Crippen LogP contribution in [-0.4, -0.2) is 75.3 Å². The molecule has 0 aliphatic rings. The second-order valence-electron chi connectivity index (χ2n) is 3.41. The number of hydrogen-bond acceptors (Lipinski definition) is 5. The summed E-state index contributed by atoms with van der Waals surface area (Å²) >= 11 is 2.21. The van der Waals surface area contributed by atoms with Gasteiger partial charge >= 0.3 is 119 Å². The molecular formula is C9H15N2O5Se2. The van der Waals surface area contributed by atoms with Crippen molar-refractivity contribution in [2.75, 3.05) is 5.44 Å². The maximum atomic E-state index is 11.4. The van der Waals surface area contributed by atoms with Crippen molar-refractivity contribution in [3.8, 4) is 0 Å². The maximum absolute atomic E-state index is 11.4. The predicted molar refractivity (Wildman–Crippen MR) is 65.6 cm³/mol. The van der Waals surface area contributed by atoms with Crippen LogP contribution in [0.1, 0.15) is 12.8 Å². The van der Waals surface area contributed by atoms with Crippen molar-refractivity contribution in [2.24, 2.45) is 5.73 Å². The van der Waals surface area contributed by atoms with E-state index in [2.05, 4.69) is 21.3 Å². The molecule has 0 saturated carbocycles. The summed E-state index contributed by atoms with van der Waals surface area (Å²) in [4.78, 5) is 32.5. The zero-order chi connectivity index (χ0) is 14.1. The first-order chi connectivity index (χ1) is 8.38. The molecule has 0 spiro atoms. The summed E-state index contributed by atoms with van der Waals surface area (Å²) in [6.07, 6.45) is 0.227. The van der Waals surface area contributed by atoms with Gasteiger partial charge in [-0.2, -0.15) is 0 Å². The monoisotopic (exact) mass is 391 g/mol. The van der Waals surface area contributed by atoms with E-state index in [1.165, 1.54) is 0 Å². The molecule has 9 heteroatoms. The molecule has 1 radical (unpaired) electrons. The number of hydrogen-bond donors (Lipinski definition) is 4. The number of carboxylic acid groups (broad SMARTS) is 2. The van der Waals surface area contributed by atoms with E-state index in [9.17, 15) is 14.4 Å². The van der Waals surface area contributed by atoms with Crippen molar-refractivity contribution in [1.29, 1.82) is 0 Å². The van der Waals surface area contributed by atoms with E-state index >= 15 is 0 Å². The quantitative estimate of drug-likeness (QED) is 0.318. The van der Waals surface area contributed by atoms with E-state index in [0.29, 0.717) is 10.8 Å². The van der Waals surface area contributed by atoms with Gasteiger partial charge in [-0.25, -0.2) is 0 Å². The molecule has 0 aromatic heterocycles. The summed E-state index contributed by atoms with van der Waals surface area (Å²) in [6, 6.07) is -1.71. The van der Waals surface area contributed by atoms with Gasteiger partial charge in [0.25, 0.3) is 0 Å². The van der Waals surface area contributed by atoms with Crippen LogP contribution >= 0.6 is 0 Å². The third kappa shape index (κ3) is 7.81. The summed E-state index contributed by atoms with van der Waals surface area (Å²) in [5.41, 5.74) is 5.57. The molecule has 103 valence electrons. The van der Waals surface area contributed by atoms with E-state index in [0.717, 1.165) is 0 Å². The molecule has 0 rings (SSSR count). The molecule has 0 saturated heterocycles. The summed E-state index contributed by atoms with van der Waals surface area (Å²) in [5, 5.41) is 20.3. The Hall–Kier alpha value is -0.431. The van der Waals surface area contributed by atoms with Gasteiger partial charge in [-0.05, 0) is 0 Å². The van der Waals surface area contributed by atoms with Gasteiger partial charge in [0.05, 0.1) is 0 Å². The molecule has 7 nitrogen and oxygen atoms in total. The number of carbonyl (C=O) groups excluding carboxylic acids is 1. The Bertz CT molecular complexity index is 313. The number of rotatable bonds is 10.